The van der Waals surface area contributed by atoms with E-state index in [1.807, 2.05) is 0 Å². The Balaban J connectivity index is -0.0000000171. The van der Waals surface area contributed by atoms with Gasteiger partial charge in [0.1, 0.15) is 0 Å². The monoisotopic (exact) mass is 247 g/mol. The van der Waals surface area contributed by atoms with Crippen LogP contribution in [0.5, 0.6) is 0 Å². The summed E-state index contributed by atoms with van der Waals surface area (Å²) in [5, 5.41) is 16.6. The maximum atomic E-state index is 9.04. The van der Waals surface area contributed by atoms with Gasteiger partial charge < -0.3 is 21.7 Å². The van der Waals surface area contributed by atoms with Crippen LogP contribution in [-0.4, -0.2) is 10.3 Å². The molecule has 0 aliphatic carbocycles. The average Bonchev–Trinajstić information content (AvgIpc) is 1.25. The molecule has 0 aromatic heterocycles. The predicted molar refractivity (Wildman–Crippen MR) is 47.0 cm³/mol. The van der Waals surface area contributed by atoms with Gasteiger partial charge in [-0.15, -0.1) is 0 Å². The first-order valence-corrected chi connectivity index (χ1v) is 2.21. The SMILES string of the molecule is C.C.NC([O-])=S.NC([O-])=S.[Cu+2]. The largest absolute Gasteiger partial charge is 2.00 e. The third-order valence-electron chi connectivity index (χ3n) is 0. The summed E-state index contributed by atoms with van der Waals surface area (Å²) in [6.45, 7) is 0. The molecule has 0 saturated carbocycles. The molecule has 0 unspecified atom stereocenters. The molecular formula is C4H12CuN2O2S2. The Morgan fingerprint density at radius 3 is 0.909 bits per heavy atom. The van der Waals surface area contributed by atoms with Gasteiger partial charge in [0.15, 0.2) is 0 Å². The normalized spacial score (nSPS) is 4.36. The standard InChI is InChI=1S/2CH3NOS.2CH4.Cu/c2*2-1(3)4;;;/h2*(H3,2,3,4);2*1H4;/q;;;;+2/p-2. The number of hydrogen-bond donors (Lipinski definition) is 2. The van der Waals surface area contributed by atoms with Crippen LogP contribution in [0, 0.1) is 0 Å². The fourth-order valence-corrected chi connectivity index (χ4v) is 0. The van der Waals surface area contributed by atoms with E-state index in [9.17, 15) is 0 Å². The van der Waals surface area contributed by atoms with Gasteiger partial charge in [0, 0.05) is 10.3 Å². The summed E-state index contributed by atoms with van der Waals surface area (Å²) in [5.74, 6) is 0. The van der Waals surface area contributed by atoms with E-state index in [0.29, 0.717) is 0 Å². The maximum absolute atomic E-state index is 9.04. The fraction of sp³-hybridized carbons (Fsp3) is 0.500. The molecule has 0 atom stereocenters. The van der Waals surface area contributed by atoms with Crippen LogP contribution < -0.4 is 21.7 Å². The third-order valence-corrected chi connectivity index (χ3v) is 0. The van der Waals surface area contributed by atoms with Crippen molar-refractivity contribution in [3.63, 3.8) is 0 Å². The molecule has 0 bridgehead atoms. The molecule has 0 amide bonds. The fourth-order valence-electron chi connectivity index (χ4n) is 0. The first kappa shape index (κ1) is 30.7. The van der Waals surface area contributed by atoms with Crippen molar-refractivity contribution in [2.75, 3.05) is 0 Å². The van der Waals surface area contributed by atoms with Gasteiger partial charge in [-0.2, -0.15) is 0 Å². The molecule has 1 radical (unpaired) electrons. The van der Waals surface area contributed by atoms with E-state index in [0.717, 1.165) is 0 Å². The molecule has 11 heavy (non-hydrogen) atoms. The first-order valence-electron chi connectivity index (χ1n) is 1.39. The van der Waals surface area contributed by atoms with Crippen LogP contribution in [0.4, 0.5) is 0 Å². The van der Waals surface area contributed by atoms with E-state index in [1.165, 1.54) is 0 Å². The molecule has 0 fully saturated rings. The molecule has 73 valence electrons. The number of hydrogen-bond acceptors (Lipinski definition) is 4. The smallest absolute Gasteiger partial charge is 0.852 e. The van der Waals surface area contributed by atoms with Crippen LogP contribution >= 0.6 is 24.4 Å². The molecular weight excluding hydrogens is 236 g/mol. The van der Waals surface area contributed by atoms with Crippen LogP contribution in [0.1, 0.15) is 14.9 Å². The van der Waals surface area contributed by atoms with Crippen molar-refractivity contribution in [3.05, 3.63) is 0 Å². The van der Waals surface area contributed by atoms with Gasteiger partial charge >= 0.3 is 17.1 Å². The minimum absolute atomic E-state index is 0. The first-order chi connectivity index (χ1) is 3.46. The van der Waals surface area contributed by atoms with E-state index in [-0.39, 0.29) is 31.9 Å². The number of rotatable bonds is 0. The molecule has 0 aromatic rings. The third kappa shape index (κ3) is 61100. The Labute approximate surface area is 88.4 Å². The second-order valence-electron chi connectivity index (χ2n) is 0.638. The Morgan fingerprint density at radius 1 is 0.909 bits per heavy atom. The van der Waals surface area contributed by atoms with E-state index in [2.05, 4.69) is 35.9 Å². The van der Waals surface area contributed by atoms with Crippen LogP contribution in [-0.2, 0) is 17.1 Å². The predicted octanol–water partition coefficient (Wildman–Crippen LogP) is -1.55. The summed E-state index contributed by atoms with van der Waals surface area (Å²) in [6, 6.07) is 0. The number of thiocarbonyl (C=S) groups is 2. The van der Waals surface area contributed by atoms with Crippen LogP contribution in [0.15, 0.2) is 0 Å². The summed E-state index contributed by atoms with van der Waals surface area (Å²) in [7, 11) is 0. The van der Waals surface area contributed by atoms with Crippen LogP contribution in [0.25, 0.3) is 0 Å². The summed E-state index contributed by atoms with van der Waals surface area (Å²) >= 11 is 7.52. The number of nitrogens with two attached hydrogens (primary N) is 2. The van der Waals surface area contributed by atoms with Gasteiger partial charge in [-0.1, -0.05) is 39.3 Å². The van der Waals surface area contributed by atoms with Gasteiger partial charge in [-0.05, 0) is 0 Å². The van der Waals surface area contributed by atoms with Crippen molar-refractivity contribution < 1.29 is 27.3 Å². The minimum Gasteiger partial charge on any atom is -0.852 e. The van der Waals surface area contributed by atoms with Crippen molar-refractivity contribution >= 4 is 34.8 Å². The molecule has 0 spiro atoms. The quantitative estimate of drug-likeness (QED) is 0.397. The molecule has 4 nitrogen and oxygen atoms in total. The van der Waals surface area contributed by atoms with E-state index >= 15 is 0 Å². The zero-order valence-electron chi connectivity index (χ0n) is 4.09. The summed E-state index contributed by atoms with van der Waals surface area (Å²) in [4.78, 5) is 0. The Kier molecular flexibility index (Phi) is 62.9. The van der Waals surface area contributed by atoms with Crippen molar-refractivity contribution in [2.24, 2.45) is 11.5 Å². The second kappa shape index (κ2) is 22.5. The molecule has 0 rings (SSSR count). The Hall–Kier alpha value is -0.101. The van der Waals surface area contributed by atoms with E-state index in [1.54, 1.807) is 0 Å². The van der Waals surface area contributed by atoms with Crippen molar-refractivity contribution in [2.45, 2.75) is 14.9 Å². The average molecular weight is 248 g/mol. The van der Waals surface area contributed by atoms with Gasteiger partial charge in [0.25, 0.3) is 0 Å². The van der Waals surface area contributed by atoms with Crippen molar-refractivity contribution in [1.82, 2.24) is 0 Å². The molecule has 7 heteroatoms. The van der Waals surface area contributed by atoms with Crippen LogP contribution in [0.3, 0.4) is 0 Å². The zero-order chi connectivity index (χ0) is 7.15. The molecule has 0 aliphatic rings. The maximum Gasteiger partial charge on any atom is 2.00 e. The Morgan fingerprint density at radius 2 is 0.909 bits per heavy atom. The molecule has 0 aliphatic heterocycles. The Bertz CT molecular complexity index is 82.1. The van der Waals surface area contributed by atoms with Crippen molar-refractivity contribution in [1.29, 1.82) is 0 Å². The van der Waals surface area contributed by atoms with Gasteiger partial charge in [0.2, 0.25) is 0 Å². The second-order valence-corrected chi connectivity index (χ2v) is 1.44. The molecule has 0 saturated heterocycles. The minimum atomic E-state index is -0.750. The van der Waals surface area contributed by atoms with Crippen LogP contribution in [0.2, 0.25) is 0 Å². The van der Waals surface area contributed by atoms with Gasteiger partial charge in [-0.25, -0.2) is 0 Å². The summed E-state index contributed by atoms with van der Waals surface area (Å²) in [6.07, 6.45) is 0. The van der Waals surface area contributed by atoms with E-state index in [4.69, 9.17) is 10.2 Å². The zero-order valence-corrected chi connectivity index (χ0v) is 6.66. The van der Waals surface area contributed by atoms with Gasteiger partial charge in [-0.3, -0.25) is 0 Å². The molecule has 4 N–H and O–H groups in total. The van der Waals surface area contributed by atoms with Gasteiger partial charge in [0.05, 0.1) is 0 Å². The molecule has 0 heterocycles. The summed E-state index contributed by atoms with van der Waals surface area (Å²) < 4.78 is 0. The van der Waals surface area contributed by atoms with Crippen molar-refractivity contribution in [3.8, 4) is 0 Å². The molecule has 0 aromatic carbocycles. The summed E-state index contributed by atoms with van der Waals surface area (Å²) in [5.41, 5.74) is 8.57. The van der Waals surface area contributed by atoms with E-state index < -0.39 is 10.3 Å². The topological polar surface area (TPSA) is 98.2 Å².